The van der Waals surface area contributed by atoms with E-state index in [1.807, 2.05) is 0 Å². The van der Waals surface area contributed by atoms with Crippen LogP contribution in [0.4, 0.5) is 5.95 Å². The fourth-order valence-corrected chi connectivity index (χ4v) is 1.69. The number of H-pyrrole nitrogens is 2. The van der Waals surface area contributed by atoms with E-state index in [9.17, 15) is 0 Å². The molecule has 4 nitrogen and oxygen atoms in total. The number of nitrogens with one attached hydrogen (secondary N) is 3. The Morgan fingerprint density at radius 2 is 1.94 bits per heavy atom. The van der Waals surface area contributed by atoms with Crippen molar-refractivity contribution in [2.75, 3.05) is 11.9 Å². The number of unbranched alkanes of at least 4 members (excludes halogenated alkanes) is 3. The van der Waals surface area contributed by atoms with Crippen molar-refractivity contribution in [2.45, 2.75) is 32.6 Å². The predicted octanol–water partition coefficient (Wildman–Crippen LogP) is 2.81. The average Bonchev–Trinajstić information content (AvgIpc) is 2.16. The monoisotopic (exact) mass is 267 g/mol. The van der Waals surface area contributed by atoms with Crippen LogP contribution in [0.5, 0.6) is 0 Å². The van der Waals surface area contributed by atoms with Gasteiger partial charge in [0.05, 0.1) is 0 Å². The second-order valence-electron chi connectivity index (χ2n) is 3.33. The fourth-order valence-electron chi connectivity index (χ4n) is 1.24. The number of hydrogen-bond acceptors (Lipinski definition) is 4. The second-order valence-corrected chi connectivity index (χ2v) is 4.13. The van der Waals surface area contributed by atoms with Crippen LogP contribution in [0, 0.1) is 9.54 Å². The van der Waals surface area contributed by atoms with Crippen LogP contribution in [0.1, 0.15) is 32.6 Å². The summed E-state index contributed by atoms with van der Waals surface area (Å²) in [5.74, 6) is 0.653. The Hall–Kier alpha value is 0.250. The molecule has 7 heteroatoms. The van der Waals surface area contributed by atoms with Gasteiger partial charge in [0.15, 0.2) is 4.77 Å². The van der Waals surface area contributed by atoms with Crippen LogP contribution in [-0.4, -0.2) is 51.1 Å². The Morgan fingerprint density at radius 1 is 1.19 bits per heavy atom. The summed E-state index contributed by atoms with van der Waals surface area (Å²) in [4.78, 5) is 9.73. The van der Waals surface area contributed by atoms with Crippen molar-refractivity contribution >= 4 is 59.9 Å². The summed E-state index contributed by atoms with van der Waals surface area (Å²) in [6.45, 7) is 3.10. The zero-order valence-corrected chi connectivity index (χ0v) is 13.4. The molecule has 0 bridgehead atoms. The first-order valence-corrected chi connectivity index (χ1v) is 5.98. The van der Waals surface area contributed by atoms with Crippen molar-refractivity contribution in [1.29, 1.82) is 0 Å². The SMILES string of the molecule is CCCCCCNc1nc(=S)[nH]c(=S)[nH]1.[Na]. The van der Waals surface area contributed by atoms with Gasteiger partial charge >= 0.3 is 0 Å². The predicted molar refractivity (Wildman–Crippen MR) is 73.0 cm³/mol. The quantitative estimate of drug-likeness (QED) is 0.421. The van der Waals surface area contributed by atoms with Gasteiger partial charge in [-0.3, -0.25) is 0 Å². The van der Waals surface area contributed by atoms with Gasteiger partial charge in [-0.25, -0.2) is 0 Å². The van der Waals surface area contributed by atoms with Crippen LogP contribution in [0.15, 0.2) is 0 Å². The molecular weight excluding hydrogens is 251 g/mol. The van der Waals surface area contributed by atoms with Gasteiger partial charge in [-0.05, 0) is 30.9 Å². The molecule has 1 aromatic heterocycles. The van der Waals surface area contributed by atoms with Gasteiger partial charge in [0, 0.05) is 36.1 Å². The zero-order chi connectivity index (χ0) is 11.1. The summed E-state index contributed by atoms with van der Waals surface area (Å²) < 4.78 is 0.917. The van der Waals surface area contributed by atoms with E-state index in [2.05, 4.69) is 27.2 Å². The largest absolute Gasteiger partial charge is 0.356 e. The average molecular weight is 267 g/mol. The summed E-state index contributed by atoms with van der Waals surface area (Å²) >= 11 is 9.86. The van der Waals surface area contributed by atoms with Gasteiger partial charge in [0.2, 0.25) is 10.7 Å². The maximum atomic E-state index is 4.95. The van der Waals surface area contributed by atoms with Crippen LogP contribution in [0.3, 0.4) is 0 Å². The topological polar surface area (TPSA) is 56.5 Å². The first-order chi connectivity index (χ1) is 7.22. The summed E-state index contributed by atoms with van der Waals surface area (Å²) in [7, 11) is 0. The number of anilines is 1. The van der Waals surface area contributed by atoms with E-state index in [1.165, 1.54) is 19.3 Å². The molecule has 0 unspecified atom stereocenters. The molecule has 0 aliphatic carbocycles. The summed E-state index contributed by atoms with van der Waals surface area (Å²) in [6, 6.07) is 0. The number of nitrogens with zero attached hydrogens (tertiary/aromatic N) is 1. The molecule has 0 saturated carbocycles. The molecule has 16 heavy (non-hydrogen) atoms. The molecule has 1 rings (SSSR count). The molecule has 1 aromatic rings. The van der Waals surface area contributed by atoms with Gasteiger partial charge < -0.3 is 15.3 Å². The van der Waals surface area contributed by atoms with Gasteiger partial charge in [-0.15, -0.1) is 0 Å². The molecule has 0 aliphatic heterocycles. The molecule has 3 N–H and O–H groups in total. The third-order valence-electron chi connectivity index (χ3n) is 1.99. The third kappa shape index (κ3) is 6.75. The van der Waals surface area contributed by atoms with Crippen LogP contribution in [0.25, 0.3) is 0 Å². The number of aromatic amines is 2. The maximum Gasteiger partial charge on any atom is 0.205 e. The van der Waals surface area contributed by atoms with Crippen LogP contribution in [-0.2, 0) is 0 Å². The second kappa shape index (κ2) is 9.30. The first kappa shape index (κ1) is 16.2. The minimum Gasteiger partial charge on any atom is -0.356 e. The number of rotatable bonds is 6. The minimum absolute atomic E-state index is 0. The van der Waals surface area contributed by atoms with Crippen LogP contribution < -0.4 is 5.32 Å². The zero-order valence-electron chi connectivity index (χ0n) is 9.80. The Bertz CT molecular complexity index is 373. The molecular formula is C9H16N4NaS2. The van der Waals surface area contributed by atoms with Crippen LogP contribution in [0.2, 0.25) is 0 Å². The van der Waals surface area contributed by atoms with E-state index in [0.717, 1.165) is 13.0 Å². The molecule has 0 spiro atoms. The fraction of sp³-hybridized carbons (Fsp3) is 0.667. The van der Waals surface area contributed by atoms with Crippen molar-refractivity contribution in [3.8, 4) is 0 Å². The molecule has 0 aliphatic rings. The normalized spacial score (nSPS) is 9.56. The molecule has 0 amide bonds. The van der Waals surface area contributed by atoms with Gasteiger partial charge in [-0.1, -0.05) is 26.2 Å². The standard InChI is InChI=1S/C9H16N4S2.Na/c1-2-3-4-5-6-10-7-11-8(14)13-9(15)12-7;/h2-6H2,1H3,(H3,10,11,12,13,14,15);. The Kier molecular flexibility index (Phi) is 9.44. The molecule has 0 saturated heterocycles. The first-order valence-electron chi connectivity index (χ1n) is 5.17. The summed E-state index contributed by atoms with van der Waals surface area (Å²) in [5.41, 5.74) is 0. The summed E-state index contributed by atoms with van der Waals surface area (Å²) in [6.07, 6.45) is 4.91. The number of aromatic nitrogens is 3. The maximum absolute atomic E-state index is 4.95. The van der Waals surface area contributed by atoms with Crippen molar-refractivity contribution in [2.24, 2.45) is 0 Å². The Balaban J connectivity index is 0.00000225. The molecule has 0 fully saturated rings. The van der Waals surface area contributed by atoms with Crippen molar-refractivity contribution in [3.63, 3.8) is 0 Å². The van der Waals surface area contributed by atoms with Crippen LogP contribution >= 0.6 is 24.4 Å². The van der Waals surface area contributed by atoms with Crippen molar-refractivity contribution in [3.05, 3.63) is 9.54 Å². The summed E-state index contributed by atoms with van der Waals surface area (Å²) in [5, 5.41) is 3.17. The molecule has 1 heterocycles. The minimum atomic E-state index is 0. The van der Waals surface area contributed by atoms with E-state index in [1.54, 1.807) is 0 Å². The molecule has 0 atom stereocenters. The van der Waals surface area contributed by atoms with E-state index in [0.29, 0.717) is 15.5 Å². The van der Waals surface area contributed by atoms with E-state index >= 15 is 0 Å². The van der Waals surface area contributed by atoms with E-state index in [4.69, 9.17) is 24.4 Å². The Labute approximate surface area is 128 Å². The molecule has 0 aromatic carbocycles. The number of hydrogen-bond donors (Lipinski definition) is 3. The third-order valence-corrected chi connectivity index (χ3v) is 2.39. The van der Waals surface area contributed by atoms with Crippen molar-refractivity contribution < 1.29 is 0 Å². The smallest absolute Gasteiger partial charge is 0.205 e. The van der Waals surface area contributed by atoms with E-state index in [-0.39, 0.29) is 29.6 Å². The van der Waals surface area contributed by atoms with E-state index < -0.39 is 0 Å². The molecule has 1 radical (unpaired) electrons. The van der Waals surface area contributed by atoms with Gasteiger partial charge in [0.25, 0.3) is 0 Å². The van der Waals surface area contributed by atoms with Gasteiger partial charge in [0.1, 0.15) is 0 Å². The van der Waals surface area contributed by atoms with Crippen molar-refractivity contribution in [1.82, 2.24) is 15.0 Å². The Morgan fingerprint density at radius 3 is 2.56 bits per heavy atom. The van der Waals surface area contributed by atoms with Gasteiger partial charge in [-0.2, -0.15) is 4.98 Å². The molecule has 85 valence electrons.